The summed E-state index contributed by atoms with van der Waals surface area (Å²) in [4.78, 5) is 0. The van der Waals surface area contributed by atoms with E-state index in [0.29, 0.717) is 17.9 Å². The largest absolute Gasteiger partial charge is 0.497 e. The number of nitrogens with one attached hydrogen (secondary N) is 1. The average Bonchev–Trinajstić information content (AvgIpc) is 2.53. The summed E-state index contributed by atoms with van der Waals surface area (Å²) >= 11 is 0. The van der Waals surface area contributed by atoms with E-state index in [-0.39, 0.29) is 11.9 Å². The molecule has 118 valence electrons. The van der Waals surface area contributed by atoms with Gasteiger partial charge in [-0.15, -0.1) is 0 Å². The highest BCUT2D eigenvalue weighted by Crippen LogP contribution is 2.24. The van der Waals surface area contributed by atoms with Crippen LogP contribution in [0.1, 0.15) is 31.0 Å². The molecule has 0 bridgehead atoms. The van der Waals surface area contributed by atoms with Crippen molar-refractivity contribution >= 4 is 0 Å². The molecule has 0 saturated heterocycles. The quantitative estimate of drug-likeness (QED) is 0.859. The number of hydrogen-bond acceptors (Lipinski definition) is 3. The third-order valence-electron chi connectivity index (χ3n) is 3.82. The molecule has 0 aromatic heterocycles. The molecule has 0 aliphatic rings. The summed E-state index contributed by atoms with van der Waals surface area (Å²) in [6.45, 7) is 3.93. The van der Waals surface area contributed by atoms with Gasteiger partial charge in [0.15, 0.2) is 0 Å². The van der Waals surface area contributed by atoms with Gasteiger partial charge in [0, 0.05) is 24.2 Å². The minimum atomic E-state index is -1.02. The van der Waals surface area contributed by atoms with E-state index in [1.165, 1.54) is 13.2 Å². The predicted molar refractivity (Wildman–Crippen MR) is 85.4 cm³/mol. The van der Waals surface area contributed by atoms with Crippen molar-refractivity contribution in [1.29, 1.82) is 0 Å². The number of methoxy groups -OCH3 is 1. The van der Waals surface area contributed by atoms with E-state index in [4.69, 9.17) is 4.74 Å². The van der Waals surface area contributed by atoms with Crippen molar-refractivity contribution in [3.63, 3.8) is 0 Å². The van der Waals surface area contributed by atoms with Crippen molar-refractivity contribution < 1.29 is 14.2 Å². The topological polar surface area (TPSA) is 41.5 Å². The fourth-order valence-electron chi connectivity index (χ4n) is 2.35. The molecule has 2 atom stereocenters. The van der Waals surface area contributed by atoms with Crippen molar-refractivity contribution in [2.45, 2.75) is 25.5 Å². The zero-order valence-corrected chi connectivity index (χ0v) is 13.1. The first kappa shape index (κ1) is 16.5. The molecule has 3 nitrogen and oxygen atoms in total. The van der Waals surface area contributed by atoms with Crippen molar-refractivity contribution in [2.24, 2.45) is 0 Å². The normalized spacial score (nSPS) is 15.1. The van der Waals surface area contributed by atoms with E-state index in [1.54, 1.807) is 19.1 Å². The van der Waals surface area contributed by atoms with Crippen LogP contribution in [0.3, 0.4) is 0 Å². The van der Waals surface area contributed by atoms with Gasteiger partial charge in [0.05, 0.1) is 12.7 Å². The van der Waals surface area contributed by atoms with Crippen LogP contribution >= 0.6 is 0 Å². The molecule has 0 saturated carbocycles. The van der Waals surface area contributed by atoms with Gasteiger partial charge in [-0.05, 0) is 25.5 Å². The fraction of sp³-hybridized carbons (Fsp3) is 0.333. The molecule has 0 spiro atoms. The first-order valence-electron chi connectivity index (χ1n) is 7.29. The van der Waals surface area contributed by atoms with Gasteiger partial charge in [-0.25, -0.2) is 4.39 Å². The Labute approximate surface area is 130 Å². The molecule has 2 N–H and O–H groups in total. The molecular weight excluding hydrogens is 281 g/mol. The molecule has 0 radical (unpaired) electrons. The SMILES string of the molecule is COc1ccc(C(C)NCC(C)(O)c2ccccc2)c(F)c1. The lowest BCUT2D eigenvalue weighted by Crippen LogP contribution is -2.36. The molecule has 0 amide bonds. The fourth-order valence-corrected chi connectivity index (χ4v) is 2.35. The number of benzene rings is 2. The Kier molecular flexibility index (Phi) is 5.16. The first-order chi connectivity index (χ1) is 10.4. The monoisotopic (exact) mass is 303 g/mol. The molecule has 0 aliphatic heterocycles. The molecule has 4 heteroatoms. The molecule has 2 unspecified atom stereocenters. The van der Waals surface area contributed by atoms with E-state index >= 15 is 0 Å². The van der Waals surface area contributed by atoms with Crippen LogP contribution in [-0.4, -0.2) is 18.8 Å². The molecule has 2 rings (SSSR count). The Hall–Kier alpha value is -1.91. The Morgan fingerprint density at radius 3 is 2.50 bits per heavy atom. The van der Waals surface area contributed by atoms with Gasteiger partial charge < -0.3 is 15.2 Å². The third-order valence-corrected chi connectivity index (χ3v) is 3.82. The van der Waals surface area contributed by atoms with Gasteiger partial charge in [0.25, 0.3) is 0 Å². The van der Waals surface area contributed by atoms with Crippen LogP contribution in [0.5, 0.6) is 5.75 Å². The number of hydrogen-bond donors (Lipinski definition) is 2. The number of halogens is 1. The van der Waals surface area contributed by atoms with E-state index < -0.39 is 5.60 Å². The number of aliphatic hydroxyl groups is 1. The smallest absolute Gasteiger partial charge is 0.131 e. The van der Waals surface area contributed by atoms with Crippen LogP contribution < -0.4 is 10.1 Å². The Morgan fingerprint density at radius 1 is 1.23 bits per heavy atom. The average molecular weight is 303 g/mol. The van der Waals surface area contributed by atoms with E-state index in [9.17, 15) is 9.50 Å². The molecule has 0 fully saturated rings. The maximum atomic E-state index is 14.0. The number of ether oxygens (including phenoxy) is 1. The lowest BCUT2D eigenvalue weighted by atomic mass is 9.95. The minimum absolute atomic E-state index is 0.221. The van der Waals surface area contributed by atoms with Crippen LogP contribution in [0.25, 0.3) is 0 Å². The maximum absolute atomic E-state index is 14.0. The summed E-state index contributed by atoms with van der Waals surface area (Å²) in [5, 5.41) is 13.7. The summed E-state index contributed by atoms with van der Waals surface area (Å²) in [5.74, 6) is 0.170. The van der Waals surface area contributed by atoms with Crippen LogP contribution in [-0.2, 0) is 5.60 Å². The van der Waals surface area contributed by atoms with E-state index in [2.05, 4.69) is 5.32 Å². The van der Waals surface area contributed by atoms with Crippen molar-refractivity contribution in [3.05, 3.63) is 65.5 Å². The summed E-state index contributed by atoms with van der Waals surface area (Å²) < 4.78 is 19.0. The Bertz CT molecular complexity index is 614. The van der Waals surface area contributed by atoms with E-state index in [1.807, 2.05) is 37.3 Å². The van der Waals surface area contributed by atoms with Crippen molar-refractivity contribution in [3.8, 4) is 5.75 Å². The second-order valence-corrected chi connectivity index (χ2v) is 5.63. The third kappa shape index (κ3) is 3.84. The number of rotatable bonds is 6. The molecule has 22 heavy (non-hydrogen) atoms. The highest BCUT2D eigenvalue weighted by atomic mass is 19.1. The second kappa shape index (κ2) is 6.90. The summed E-state index contributed by atoms with van der Waals surface area (Å²) in [5.41, 5.74) is 0.355. The van der Waals surface area contributed by atoms with Gasteiger partial charge in [0.2, 0.25) is 0 Å². The highest BCUT2D eigenvalue weighted by molar-refractivity contribution is 5.30. The molecule has 2 aromatic rings. The van der Waals surface area contributed by atoms with Gasteiger partial charge in [-0.2, -0.15) is 0 Å². The molecular formula is C18H22FNO2. The zero-order chi connectivity index (χ0) is 16.2. The van der Waals surface area contributed by atoms with Crippen LogP contribution in [0, 0.1) is 5.82 Å². The van der Waals surface area contributed by atoms with Gasteiger partial charge >= 0.3 is 0 Å². The van der Waals surface area contributed by atoms with Crippen LogP contribution in [0.2, 0.25) is 0 Å². The minimum Gasteiger partial charge on any atom is -0.497 e. The Morgan fingerprint density at radius 2 is 1.91 bits per heavy atom. The Balaban J connectivity index is 2.05. The second-order valence-electron chi connectivity index (χ2n) is 5.63. The standard InChI is InChI=1S/C18H22FNO2/c1-13(16-10-9-15(22-3)11-17(16)19)20-12-18(2,21)14-7-5-4-6-8-14/h4-11,13,20-21H,12H2,1-3H3. The van der Waals surface area contributed by atoms with Gasteiger partial charge in [-0.3, -0.25) is 0 Å². The first-order valence-corrected chi connectivity index (χ1v) is 7.29. The van der Waals surface area contributed by atoms with Gasteiger partial charge in [0.1, 0.15) is 11.6 Å². The summed E-state index contributed by atoms with van der Waals surface area (Å²) in [6, 6.07) is 14.0. The van der Waals surface area contributed by atoms with Crippen molar-refractivity contribution in [1.82, 2.24) is 5.32 Å². The van der Waals surface area contributed by atoms with Crippen LogP contribution in [0.4, 0.5) is 4.39 Å². The van der Waals surface area contributed by atoms with Crippen LogP contribution in [0.15, 0.2) is 48.5 Å². The lowest BCUT2D eigenvalue weighted by molar-refractivity contribution is 0.0542. The molecule has 0 aliphatic carbocycles. The lowest BCUT2D eigenvalue weighted by Gasteiger charge is -2.27. The zero-order valence-electron chi connectivity index (χ0n) is 13.1. The van der Waals surface area contributed by atoms with Gasteiger partial charge in [-0.1, -0.05) is 36.4 Å². The summed E-state index contributed by atoms with van der Waals surface area (Å²) in [6.07, 6.45) is 0. The van der Waals surface area contributed by atoms with Crippen molar-refractivity contribution in [2.75, 3.05) is 13.7 Å². The summed E-state index contributed by atoms with van der Waals surface area (Å²) in [7, 11) is 1.51. The van der Waals surface area contributed by atoms with E-state index in [0.717, 1.165) is 5.56 Å². The predicted octanol–water partition coefficient (Wildman–Crippen LogP) is 3.39. The maximum Gasteiger partial charge on any atom is 0.131 e. The molecule has 2 aromatic carbocycles. The highest BCUT2D eigenvalue weighted by Gasteiger charge is 2.24. The molecule has 0 heterocycles.